The Balaban J connectivity index is 1.71. The Morgan fingerprint density at radius 3 is 2.56 bits per heavy atom. The van der Waals surface area contributed by atoms with Crippen LogP contribution < -0.4 is 10.2 Å². The van der Waals surface area contributed by atoms with E-state index in [4.69, 9.17) is 20.8 Å². The number of rotatable bonds is 5. The molecule has 0 saturated carbocycles. The highest BCUT2D eigenvalue weighted by Crippen LogP contribution is 2.40. The Kier molecular flexibility index (Phi) is 5.30. The summed E-state index contributed by atoms with van der Waals surface area (Å²) in [6.07, 6.45) is 0. The van der Waals surface area contributed by atoms with Crippen LogP contribution in [-0.2, 0) is 6.54 Å². The van der Waals surface area contributed by atoms with E-state index in [0.29, 0.717) is 16.3 Å². The Hall–Kier alpha value is -4.17. The number of nitro benzene ring substituents is 1. The summed E-state index contributed by atoms with van der Waals surface area (Å²) in [4.78, 5) is 39.4. The minimum absolute atomic E-state index is 0.0789. The summed E-state index contributed by atoms with van der Waals surface area (Å²) >= 11 is 6.10. The summed E-state index contributed by atoms with van der Waals surface area (Å²) in [6.45, 7) is 0.150. The molecule has 0 aliphatic carbocycles. The molecule has 0 bridgehead atoms. The number of hydrogen-bond acceptors (Lipinski definition) is 6. The zero-order valence-electron chi connectivity index (χ0n) is 17.9. The lowest BCUT2D eigenvalue weighted by Crippen LogP contribution is -2.29. The molecule has 5 rings (SSSR count). The summed E-state index contributed by atoms with van der Waals surface area (Å²) in [6, 6.07) is 16.8. The average Bonchev–Trinajstić information content (AvgIpc) is 3.12. The van der Waals surface area contributed by atoms with E-state index in [1.54, 1.807) is 37.4 Å². The van der Waals surface area contributed by atoms with E-state index in [9.17, 15) is 19.7 Å². The third-order valence-electron chi connectivity index (χ3n) is 5.84. The molecule has 9 heteroatoms. The fraction of sp³-hybridized carbons (Fsp3) is 0.120. The van der Waals surface area contributed by atoms with Crippen molar-refractivity contribution >= 4 is 34.2 Å². The van der Waals surface area contributed by atoms with Crippen LogP contribution in [0.25, 0.3) is 11.0 Å². The molecule has 1 aromatic heterocycles. The summed E-state index contributed by atoms with van der Waals surface area (Å²) < 4.78 is 11.1. The van der Waals surface area contributed by atoms with E-state index in [2.05, 4.69) is 0 Å². The maximum absolute atomic E-state index is 13.6. The lowest BCUT2D eigenvalue weighted by Gasteiger charge is -2.25. The first-order valence-corrected chi connectivity index (χ1v) is 10.7. The van der Waals surface area contributed by atoms with Crippen LogP contribution in [-0.4, -0.2) is 22.8 Å². The number of benzene rings is 3. The average molecular weight is 477 g/mol. The van der Waals surface area contributed by atoms with E-state index in [-0.39, 0.29) is 34.5 Å². The molecule has 0 N–H and O–H groups in total. The van der Waals surface area contributed by atoms with Crippen LogP contribution >= 0.6 is 11.6 Å². The van der Waals surface area contributed by atoms with Crippen molar-refractivity contribution in [2.45, 2.75) is 12.6 Å². The van der Waals surface area contributed by atoms with Gasteiger partial charge in [-0.1, -0.05) is 35.9 Å². The largest absolute Gasteiger partial charge is 0.497 e. The number of fused-ring (bicyclic) bond motifs is 2. The first-order chi connectivity index (χ1) is 16.4. The van der Waals surface area contributed by atoms with Gasteiger partial charge in [-0.2, -0.15) is 0 Å². The Labute approximate surface area is 198 Å². The molecule has 1 amide bonds. The van der Waals surface area contributed by atoms with Gasteiger partial charge in [-0.15, -0.1) is 0 Å². The number of ether oxygens (including phenoxy) is 1. The van der Waals surface area contributed by atoms with E-state index in [1.807, 2.05) is 12.1 Å². The monoisotopic (exact) mass is 476 g/mol. The van der Waals surface area contributed by atoms with Gasteiger partial charge in [0.25, 0.3) is 11.6 Å². The van der Waals surface area contributed by atoms with Gasteiger partial charge in [-0.25, -0.2) is 0 Å². The summed E-state index contributed by atoms with van der Waals surface area (Å²) in [5.74, 6) is 0.108. The lowest BCUT2D eigenvalue weighted by molar-refractivity contribution is -0.384. The fourth-order valence-electron chi connectivity index (χ4n) is 4.24. The van der Waals surface area contributed by atoms with Crippen LogP contribution in [0, 0.1) is 10.1 Å². The van der Waals surface area contributed by atoms with Crippen LogP contribution in [0.2, 0.25) is 5.02 Å². The van der Waals surface area contributed by atoms with Crippen molar-refractivity contribution in [2.75, 3.05) is 7.11 Å². The van der Waals surface area contributed by atoms with Gasteiger partial charge >= 0.3 is 0 Å². The first-order valence-electron chi connectivity index (χ1n) is 10.3. The number of nitrogens with zero attached hydrogens (tertiary/aromatic N) is 2. The minimum Gasteiger partial charge on any atom is -0.497 e. The molecule has 1 atom stereocenters. The number of amides is 1. The molecular weight excluding hydrogens is 460 g/mol. The van der Waals surface area contributed by atoms with Crippen LogP contribution in [0.3, 0.4) is 0 Å². The van der Waals surface area contributed by atoms with Crippen molar-refractivity contribution in [3.8, 4) is 5.75 Å². The third kappa shape index (κ3) is 3.58. The maximum atomic E-state index is 13.6. The summed E-state index contributed by atoms with van der Waals surface area (Å²) in [5.41, 5.74) is 1.05. The van der Waals surface area contributed by atoms with Crippen molar-refractivity contribution in [2.24, 2.45) is 0 Å². The Bertz CT molecular complexity index is 1510. The van der Waals surface area contributed by atoms with E-state index in [0.717, 1.165) is 5.56 Å². The molecule has 0 radical (unpaired) electrons. The highest BCUT2D eigenvalue weighted by atomic mass is 35.5. The predicted octanol–water partition coefficient (Wildman–Crippen LogP) is 5.11. The molecule has 3 aromatic carbocycles. The second-order valence-electron chi connectivity index (χ2n) is 7.85. The number of halogens is 1. The van der Waals surface area contributed by atoms with Gasteiger partial charge in [0, 0.05) is 23.7 Å². The Morgan fingerprint density at radius 1 is 1.09 bits per heavy atom. The molecule has 1 unspecified atom stereocenters. The number of non-ortho nitro benzene ring substituents is 1. The second-order valence-corrected chi connectivity index (χ2v) is 8.29. The highest BCUT2D eigenvalue weighted by Gasteiger charge is 2.43. The highest BCUT2D eigenvalue weighted by molar-refractivity contribution is 6.31. The molecule has 0 fully saturated rings. The van der Waals surface area contributed by atoms with Crippen LogP contribution in [0.1, 0.15) is 33.3 Å². The van der Waals surface area contributed by atoms with Gasteiger partial charge in [0.15, 0.2) is 5.43 Å². The van der Waals surface area contributed by atoms with Crippen molar-refractivity contribution in [3.05, 3.63) is 115 Å². The Morgan fingerprint density at radius 2 is 1.85 bits per heavy atom. The molecule has 2 heterocycles. The van der Waals surface area contributed by atoms with Crippen LogP contribution in [0.5, 0.6) is 5.75 Å². The number of carbonyl (C=O) groups is 1. The number of hydrogen-bond donors (Lipinski definition) is 0. The maximum Gasteiger partial charge on any atom is 0.291 e. The zero-order chi connectivity index (χ0) is 24.0. The van der Waals surface area contributed by atoms with Gasteiger partial charge in [0.2, 0.25) is 5.76 Å². The molecule has 170 valence electrons. The van der Waals surface area contributed by atoms with Crippen molar-refractivity contribution in [3.63, 3.8) is 0 Å². The van der Waals surface area contributed by atoms with Gasteiger partial charge in [0.1, 0.15) is 11.3 Å². The predicted molar refractivity (Wildman–Crippen MR) is 125 cm³/mol. The van der Waals surface area contributed by atoms with E-state index in [1.165, 1.54) is 29.2 Å². The molecule has 0 spiro atoms. The van der Waals surface area contributed by atoms with Crippen LogP contribution in [0.4, 0.5) is 5.69 Å². The zero-order valence-corrected chi connectivity index (χ0v) is 18.6. The topological polar surface area (TPSA) is 103 Å². The van der Waals surface area contributed by atoms with Gasteiger partial charge in [-0.05, 0) is 41.5 Å². The molecule has 1 aliphatic heterocycles. The summed E-state index contributed by atoms with van der Waals surface area (Å²) in [5, 5.41) is 12.0. The van der Waals surface area contributed by atoms with Gasteiger partial charge in [-0.3, -0.25) is 19.7 Å². The third-order valence-corrected chi connectivity index (χ3v) is 6.07. The van der Waals surface area contributed by atoms with Gasteiger partial charge in [0.05, 0.1) is 29.0 Å². The second kappa shape index (κ2) is 8.31. The minimum atomic E-state index is -0.871. The van der Waals surface area contributed by atoms with E-state index < -0.39 is 22.3 Å². The summed E-state index contributed by atoms with van der Waals surface area (Å²) in [7, 11) is 1.56. The molecule has 4 aromatic rings. The fourth-order valence-corrected chi connectivity index (χ4v) is 4.41. The standard InChI is InChI=1S/C25H17ClN2O6/c1-33-18-8-5-14(6-9-18)13-27-22(15-3-2-4-17(11-15)28(31)32)21-23(29)19-12-16(26)7-10-20(19)34-24(21)25(27)30/h2-12,22H,13H2,1H3. The van der Waals surface area contributed by atoms with E-state index >= 15 is 0 Å². The number of carbonyl (C=O) groups excluding carboxylic acids is 1. The smallest absolute Gasteiger partial charge is 0.291 e. The molecular formula is C25H17ClN2O6. The molecule has 0 saturated heterocycles. The normalized spacial score (nSPS) is 14.9. The van der Waals surface area contributed by atoms with Crippen molar-refractivity contribution in [1.82, 2.24) is 4.90 Å². The van der Waals surface area contributed by atoms with Crippen LogP contribution in [0.15, 0.2) is 75.9 Å². The lowest BCUT2D eigenvalue weighted by atomic mass is 9.98. The first kappa shape index (κ1) is 21.7. The quantitative estimate of drug-likeness (QED) is 0.293. The SMILES string of the molecule is COc1ccc(CN2C(=O)c3oc4ccc(Cl)cc4c(=O)c3C2c2cccc([N+](=O)[O-])c2)cc1. The van der Waals surface area contributed by atoms with Crippen molar-refractivity contribution in [1.29, 1.82) is 0 Å². The molecule has 1 aliphatic rings. The molecule has 8 nitrogen and oxygen atoms in total. The van der Waals surface area contributed by atoms with Gasteiger partial charge < -0.3 is 14.1 Å². The molecule has 34 heavy (non-hydrogen) atoms. The number of nitro groups is 1. The number of methoxy groups -OCH3 is 1. The van der Waals surface area contributed by atoms with Crippen molar-refractivity contribution < 1.29 is 18.9 Å².